The highest BCUT2D eigenvalue weighted by molar-refractivity contribution is 7.14. The summed E-state index contributed by atoms with van der Waals surface area (Å²) < 4.78 is 2.84. The number of aromatic nitrogens is 3. The molecule has 0 amide bonds. The minimum Gasteiger partial charge on any atom is -0.308 e. The summed E-state index contributed by atoms with van der Waals surface area (Å²) in [7, 11) is 0. The number of aryl methyl sites for hydroxylation is 2. The Balaban J connectivity index is 1.83. The molecule has 1 N–H and O–H groups in total. The molecule has 1 aromatic carbocycles. The van der Waals surface area contributed by atoms with E-state index in [9.17, 15) is 14.9 Å². The summed E-state index contributed by atoms with van der Waals surface area (Å²) >= 11 is 1.57. The molecule has 3 heterocycles. The van der Waals surface area contributed by atoms with Crippen LogP contribution in [-0.2, 0) is 0 Å². The molecule has 0 radical (unpaired) electrons. The third kappa shape index (κ3) is 3.00. The van der Waals surface area contributed by atoms with Crippen LogP contribution in [0.2, 0.25) is 0 Å². The van der Waals surface area contributed by atoms with E-state index in [4.69, 9.17) is 0 Å². The fourth-order valence-corrected chi connectivity index (χ4v) is 4.73. The summed E-state index contributed by atoms with van der Waals surface area (Å²) in [4.78, 5) is 28.8. The van der Waals surface area contributed by atoms with Crippen molar-refractivity contribution in [3.8, 4) is 11.1 Å². The van der Waals surface area contributed by atoms with Crippen molar-refractivity contribution in [3.05, 3.63) is 84.1 Å². The summed E-state index contributed by atoms with van der Waals surface area (Å²) in [6.07, 6.45) is 1.50. The Hall–Kier alpha value is -3.70. The van der Waals surface area contributed by atoms with E-state index in [1.807, 2.05) is 38.3 Å². The number of H-pyrrole nitrogens is 1. The van der Waals surface area contributed by atoms with E-state index < -0.39 is 11.2 Å². The SMILES string of the molecule is Cc1sc(-n2c(C)cc(C=Nn3c(=O)[nH]c4ccccc4c3=O)c2C)c(C#N)c1C. The summed E-state index contributed by atoms with van der Waals surface area (Å²) in [6.45, 7) is 7.82. The quantitative estimate of drug-likeness (QED) is 0.517. The molecule has 150 valence electrons. The molecule has 0 aliphatic rings. The lowest BCUT2D eigenvalue weighted by molar-refractivity contribution is 0.771. The van der Waals surface area contributed by atoms with Gasteiger partial charge in [-0.05, 0) is 51.5 Å². The van der Waals surface area contributed by atoms with Crippen molar-refractivity contribution in [3.63, 3.8) is 0 Å². The number of nitriles is 1. The van der Waals surface area contributed by atoms with E-state index in [0.29, 0.717) is 16.5 Å². The molecule has 3 aromatic heterocycles. The van der Waals surface area contributed by atoms with Crippen molar-refractivity contribution < 1.29 is 0 Å². The van der Waals surface area contributed by atoms with Gasteiger partial charge in [-0.1, -0.05) is 12.1 Å². The van der Waals surface area contributed by atoms with Crippen LogP contribution in [-0.4, -0.2) is 20.4 Å². The van der Waals surface area contributed by atoms with E-state index in [0.717, 1.165) is 37.1 Å². The van der Waals surface area contributed by atoms with Gasteiger partial charge in [0.2, 0.25) is 0 Å². The van der Waals surface area contributed by atoms with Gasteiger partial charge in [0.05, 0.1) is 22.7 Å². The number of hydrogen-bond acceptors (Lipinski definition) is 5. The van der Waals surface area contributed by atoms with E-state index in [-0.39, 0.29) is 0 Å². The molecular weight excluding hydrogens is 398 g/mol. The van der Waals surface area contributed by atoms with Crippen LogP contribution in [0.25, 0.3) is 15.9 Å². The molecule has 0 fully saturated rings. The second-order valence-electron chi connectivity index (χ2n) is 7.07. The second-order valence-corrected chi connectivity index (χ2v) is 8.28. The number of para-hydroxylation sites is 1. The standard InChI is InChI=1S/C22H19N5O2S/c1-12-9-16(14(3)26(12)21-18(10-23)13(2)15(4)30-21)11-24-27-20(28)17-7-5-6-8-19(17)25-22(27)29/h5-9,11H,1-4H3,(H,25,29). The molecule has 7 nitrogen and oxygen atoms in total. The Kier molecular flexibility index (Phi) is 4.76. The third-order valence-electron chi connectivity index (χ3n) is 5.25. The maximum Gasteiger partial charge on any atom is 0.349 e. The number of rotatable bonds is 3. The van der Waals surface area contributed by atoms with Crippen LogP contribution in [0, 0.1) is 39.0 Å². The molecular formula is C22H19N5O2S. The zero-order chi connectivity index (χ0) is 21.6. The first kappa shape index (κ1) is 19.6. The van der Waals surface area contributed by atoms with Crippen LogP contribution in [0.15, 0.2) is 45.0 Å². The Morgan fingerprint density at radius 2 is 1.90 bits per heavy atom. The summed E-state index contributed by atoms with van der Waals surface area (Å²) in [5.74, 6) is 0. The molecule has 0 atom stereocenters. The molecule has 0 aliphatic heterocycles. The zero-order valence-electron chi connectivity index (χ0n) is 17.0. The van der Waals surface area contributed by atoms with Crippen LogP contribution >= 0.6 is 11.3 Å². The Morgan fingerprint density at radius 3 is 2.63 bits per heavy atom. The number of nitrogens with zero attached hydrogens (tertiary/aromatic N) is 4. The van der Waals surface area contributed by atoms with Gasteiger partial charge in [0, 0.05) is 21.8 Å². The van der Waals surface area contributed by atoms with E-state index in [2.05, 4.69) is 16.2 Å². The first-order valence-electron chi connectivity index (χ1n) is 9.31. The molecule has 0 bridgehead atoms. The molecule has 0 unspecified atom stereocenters. The lowest BCUT2D eigenvalue weighted by Gasteiger charge is -2.07. The summed E-state index contributed by atoms with van der Waals surface area (Å²) in [5, 5.41) is 15.0. The Morgan fingerprint density at radius 1 is 1.17 bits per heavy atom. The van der Waals surface area contributed by atoms with E-state index >= 15 is 0 Å². The number of benzene rings is 1. The number of fused-ring (bicyclic) bond motifs is 1. The van der Waals surface area contributed by atoms with Crippen LogP contribution in [0.5, 0.6) is 0 Å². The number of aromatic amines is 1. The van der Waals surface area contributed by atoms with Crippen LogP contribution < -0.4 is 11.2 Å². The number of hydrogen-bond donors (Lipinski definition) is 1. The van der Waals surface area contributed by atoms with Gasteiger partial charge in [-0.15, -0.1) is 16.0 Å². The minimum absolute atomic E-state index is 0.392. The first-order valence-corrected chi connectivity index (χ1v) is 10.1. The molecule has 4 rings (SSSR count). The van der Waals surface area contributed by atoms with Crippen molar-refractivity contribution in [2.45, 2.75) is 27.7 Å². The van der Waals surface area contributed by atoms with Crippen LogP contribution in [0.3, 0.4) is 0 Å². The van der Waals surface area contributed by atoms with Gasteiger partial charge in [0.1, 0.15) is 11.1 Å². The highest BCUT2D eigenvalue weighted by Crippen LogP contribution is 2.33. The zero-order valence-corrected chi connectivity index (χ0v) is 17.8. The topological polar surface area (TPSA) is 95.9 Å². The van der Waals surface area contributed by atoms with Crippen molar-refractivity contribution in [1.29, 1.82) is 5.26 Å². The van der Waals surface area contributed by atoms with E-state index in [1.54, 1.807) is 35.6 Å². The summed E-state index contributed by atoms with van der Waals surface area (Å²) in [5.41, 5.74) is 3.62. The molecule has 0 aliphatic carbocycles. The molecule has 0 spiro atoms. The van der Waals surface area contributed by atoms with Gasteiger partial charge in [-0.25, -0.2) is 4.79 Å². The van der Waals surface area contributed by atoms with Crippen molar-refractivity contribution >= 4 is 28.5 Å². The number of thiophene rings is 1. The molecule has 8 heteroatoms. The average molecular weight is 417 g/mol. The Bertz CT molecular complexity index is 1490. The van der Waals surface area contributed by atoms with Crippen molar-refractivity contribution in [2.75, 3.05) is 0 Å². The van der Waals surface area contributed by atoms with Crippen LogP contribution in [0.4, 0.5) is 0 Å². The van der Waals surface area contributed by atoms with Gasteiger partial charge < -0.3 is 9.55 Å². The van der Waals surface area contributed by atoms with Gasteiger partial charge in [-0.2, -0.15) is 10.4 Å². The Labute approximate surface area is 176 Å². The predicted molar refractivity (Wildman–Crippen MR) is 119 cm³/mol. The average Bonchev–Trinajstić information content (AvgIpc) is 3.15. The van der Waals surface area contributed by atoms with Crippen molar-refractivity contribution in [1.82, 2.24) is 14.2 Å². The van der Waals surface area contributed by atoms with E-state index in [1.165, 1.54) is 6.21 Å². The fourth-order valence-electron chi connectivity index (χ4n) is 3.51. The highest BCUT2D eigenvalue weighted by Gasteiger charge is 2.18. The van der Waals surface area contributed by atoms with Crippen LogP contribution in [0.1, 0.15) is 33.0 Å². The normalized spacial score (nSPS) is 11.4. The van der Waals surface area contributed by atoms with Gasteiger partial charge in [0.25, 0.3) is 5.56 Å². The maximum absolute atomic E-state index is 12.7. The molecule has 0 saturated heterocycles. The molecule has 0 saturated carbocycles. The largest absolute Gasteiger partial charge is 0.349 e. The molecule has 30 heavy (non-hydrogen) atoms. The highest BCUT2D eigenvalue weighted by atomic mass is 32.1. The second kappa shape index (κ2) is 7.28. The van der Waals surface area contributed by atoms with Gasteiger partial charge >= 0.3 is 5.69 Å². The molecule has 4 aromatic rings. The lowest BCUT2D eigenvalue weighted by atomic mass is 10.2. The lowest BCUT2D eigenvalue weighted by Crippen LogP contribution is -2.32. The predicted octanol–water partition coefficient (Wildman–Crippen LogP) is 3.53. The van der Waals surface area contributed by atoms with Crippen molar-refractivity contribution in [2.24, 2.45) is 5.10 Å². The van der Waals surface area contributed by atoms with Gasteiger partial charge in [-0.3, -0.25) is 4.79 Å². The summed E-state index contributed by atoms with van der Waals surface area (Å²) in [6, 6.07) is 11.0. The minimum atomic E-state index is -0.597. The van der Waals surface area contributed by atoms with Gasteiger partial charge in [0.15, 0.2) is 0 Å². The maximum atomic E-state index is 12.7. The number of nitrogens with one attached hydrogen (secondary N) is 1. The fraction of sp³-hybridized carbons (Fsp3) is 0.182. The first-order chi connectivity index (χ1) is 14.3. The third-order valence-corrected chi connectivity index (χ3v) is 6.44. The monoisotopic (exact) mass is 417 g/mol. The smallest absolute Gasteiger partial charge is 0.308 e.